The van der Waals surface area contributed by atoms with Gasteiger partial charge in [0.05, 0.1) is 0 Å². The molecule has 2 atom stereocenters. The van der Waals surface area contributed by atoms with E-state index in [1.165, 1.54) is 37.7 Å². The van der Waals surface area contributed by atoms with E-state index in [4.69, 9.17) is 11.6 Å². The summed E-state index contributed by atoms with van der Waals surface area (Å²) in [6.07, 6.45) is 6.87. The van der Waals surface area contributed by atoms with Gasteiger partial charge in [0, 0.05) is 5.02 Å². The molecule has 18 heavy (non-hydrogen) atoms. The molecule has 0 unspecified atom stereocenters. The summed E-state index contributed by atoms with van der Waals surface area (Å²) in [5, 5.41) is 0.848. The molecule has 1 aliphatic carbocycles. The fraction of sp³-hybridized carbons (Fsp3) is 0.647. The van der Waals surface area contributed by atoms with Crippen LogP contribution < -0.4 is 0 Å². The summed E-state index contributed by atoms with van der Waals surface area (Å²) in [5.41, 5.74) is 1.95. The van der Waals surface area contributed by atoms with Crippen LogP contribution in [0.5, 0.6) is 0 Å². The van der Waals surface area contributed by atoms with Crippen molar-refractivity contribution in [1.82, 2.24) is 0 Å². The normalized spacial score (nSPS) is 25.1. The molecule has 0 spiro atoms. The summed E-state index contributed by atoms with van der Waals surface area (Å²) in [6.45, 7) is 7.08. The first-order chi connectivity index (χ1) is 8.44. The number of hydrogen-bond donors (Lipinski definition) is 0. The Balaban J connectivity index is 2.00. The molecule has 1 aromatic rings. The third kappa shape index (κ3) is 4.02. The van der Waals surface area contributed by atoms with Gasteiger partial charge < -0.3 is 0 Å². The highest BCUT2D eigenvalue weighted by molar-refractivity contribution is 6.30. The van der Waals surface area contributed by atoms with Crippen LogP contribution in [0.1, 0.15) is 64.4 Å². The van der Waals surface area contributed by atoms with Crippen LogP contribution in [0.2, 0.25) is 5.02 Å². The van der Waals surface area contributed by atoms with Gasteiger partial charge in [0.1, 0.15) is 0 Å². The lowest BCUT2D eigenvalue weighted by Crippen LogP contribution is -2.19. The Morgan fingerprint density at radius 3 is 2.39 bits per heavy atom. The van der Waals surface area contributed by atoms with Crippen molar-refractivity contribution in [2.45, 2.75) is 58.8 Å². The van der Waals surface area contributed by atoms with Gasteiger partial charge in [-0.3, -0.25) is 0 Å². The number of rotatable bonds is 2. The summed E-state index contributed by atoms with van der Waals surface area (Å²) in [4.78, 5) is 0. The second-order valence-corrected chi connectivity index (χ2v) is 7.48. The first-order valence-corrected chi connectivity index (χ1v) is 7.57. The average Bonchev–Trinajstić information content (AvgIpc) is 2.28. The van der Waals surface area contributed by atoms with E-state index in [-0.39, 0.29) is 0 Å². The molecule has 0 nitrogen and oxygen atoms in total. The van der Waals surface area contributed by atoms with Crippen molar-refractivity contribution in [3.63, 3.8) is 0 Å². The Morgan fingerprint density at radius 2 is 1.78 bits per heavy atom. The lowest BCUT2D eigenvalue weighted by Gasteiger charge is -2.33. The number of benzene rings is 1. The molecule has 0 radical (unpaired) electrons. The Bertz CT molecular complexity index is 372. The third-order valence-corrected chi connectivity index (χ3v) is 4.28. The van der Waals surface area contributed by atoms with Gasteiger partial charge in [-0.05, 0) is 54.2 Å². The third-order valence-electron chi connectivity index (χ3n) is 4.03. The topological polar surface area (TPSA) is 0 Å². The molecule has 0 saturated heterocycles. The second kappa shape index (κ2) is 5.65. The molecule has 0 aliphatic heterocycles. The molecule has 0 bridgehead atoms. The monoisotopic (exact) mass is 264 g/mol. The highest BCUT2D eigenvalue weighted by Crippen LogP contribution is 2.41. The molecule has 1 fully saturated rings. The van der Waals surface area contributed by atoms with Gasteiger partial charge in [-0.2, -0.15) is 0 Å². The zero-order valence-corrected chi connectivity index (χ0v) is 12.6. The number of hydrogen-bond acceptors (Lipinski definition) is 0. The number of halogens is 1. The smallest absolute Gasteiger partial charge is 0.0406 e. The Kier molecular flexibility index (Phi) is 4.37. The first kappa shape index (κ1) is 13.9. The van der Waals surface area contributed by atoms with Gasteiger partial charge in [0.25, 0.3) is 0 Å². The van der Waals surface area contributed by atoms with Crippen LogP contribution in [0.4, 0.5) is 0 Å². The minimum Gasteiger partial charge on any atom is -0.0843 e. The quantitative estimate of drug-likeness (QED) is 0.610. The van der Waals surface area contributed by atoms with Crippen LogP contribution in [0.3, 0.4) is 0 Å². The fourth-order valence-electron chi connectivity index (χ4n) is 3.38. The van der Waals surface area contributed by atoms with Crippen LogP contribution in [-0.4, -0.2) is 0 Å². The molecule has 2 rings (SSSR count). The summed E-state index contributed by atoms with van der Waals surface area (Å²) in [6, 6.07) is 8.49. The maximum Gasteiger partial charge on any atom is 0.0406 e. The summed E-state index contributed by atoms with van der Waals surface area (Å²) < 4.78 is 0. The molecule has 0 heterocycles. The molecule has 0 amide bonds. The minimum absolute atomic E-state index is 0.465. The fourth-order valence-corrected chi connectivity index (χ4v) is 3.51. The average molecular weight is 265 g/mol. The second-order valence-electron chi connectivity index (χ2n) is 7.05. The van der Waals surface area contributed by atoms with Crippen molar-refractivity contribution in [2.24, 2.45) is 11.3 Å². The lowest BCUT2D eigenvalue weighted by atomic mass is 9.72. The van der Waals surface area contributed by atoms with Crippen molar-refractivity contribution < 1.29 is 0 Å². The highest BCUT2D eigenvalue weighted by atomic mass is 35.5. The van der Waals surface area contributed by atoms with Gasteiger partial charge in [-0.1, -0.05) is 57.3 Å². The van der Waals surface area contributed by atoms with Crippen molar-refractivity contribution in [2.75, 3.05) is 0 Å². The zero-order valence-electron chi connectivity index (χ0n) is 11.9. The summed E-state index contributed by atoms with van der Waals surface area (Å²) in [7, 11) is 0. The van der Waals surface area contributed by atoms with E-state index in [0.717, 1.165) is 16.9 Å². The molecular formula is C17H25Cl. The van der Waals surface area contributed by atoms with Gasteiger partial charge >= 0.3 is 0 Å². The molecule has 100 valence electrons. The Morgan fingerprint density at radius 1 is 1.11 bits per heavy atom. The standard InChI is InChI=1S/C17H25Cl/c1-17(2,3)12-13-5-4-6-15(11-13)14-7-9-16(18)10-8-14/h7-10,13,15H,4-6,11-12H2,1-3H3/t13-,15+/m1/s1. The summed E-state index contributed by atoms with van der Waals surface area (Å²) in [5.74, 6) is 1.66. The Hall–Kier alpha value is -0.490. The van der Waals surface area contributed by atoms with Gasteiger partial charge in [0.15, 0.2) is 0 Å². The van der Waals surface area contributed by atoms with Crippen LogP contribution >= 0.6 is 11.6 Å². The highest BCUT2D eigenvalue weighted by Gasteiger charge is 2.26. The van der Waals surface area contributed by atoms with Crippen LogP contribution in [-0.2, 0) is 0 Å². The van der Waals surface area contributed by atoms with Crippen molar-refractivity contribution in [1.29, 1.82) is 0 Å². The van der Waals surface area contributed by atoms with E-state index >= 15 is 0 Å². The van der Waals surface area contributed by atoms with Crippen LogP contribution in [0.15, 0.2) is 24.3 Å². The van der Waals surface area contributed by atoms with Crippen LogP contribution in [0, 0.1) is 11.3 Å². The molecule has 1 aromatic carbocycles. The van der Waals surface area contributed by atoms with E-state index in [2.05, 4.69) is 32.9 Å². The zero-order chi connectivity index (χ0) is 13.2. The minimum atomic E-state index is 0.465. The van der Waals surface area contributed by atoms with Crippen molar-refractivity contribution in [3.8, 4) is 0 Å². The van der Waals surface area contributed by atoms with E-state index in [0.29, 0.717) is 5.41 Å². The molecule has 0 N–H and O–H groups in total. The van der Waals surface area contributed by atoms with E-state index in [1.807, 2.05) is 12.1 Å². The van der Waals surface area contributed by atoms with Crippen molar-refractivity contribution in [3.05, 3.63) is 34.9 Å². The largest absolute Gasteiger partial charge is 0.0843 e. The van der Waals surface area contributed by atoms with Gasteiger partial charge in [-0.15, -0.1) is 0 Å². The SMILES string of the molecule is CC(C)(C)C[C@@H]1CCC[C@H](c2ccc(Cl)cc2)C1. The van der Waals surface area contributed by atoms with E-state index in [1.54, 1.807) is 0 Å². The van der Waals surface area contributed by atoms with Gasteiger partial charge in [0.2, 0.25) is 0 Å². The molecule has 0 aromatic heterocycles. The predicted molar refractivity (Wildman–Crippen MR) is 80.2 cm³/mol. The predicted octanol–water partition coefficient (Wildman–Crippen LogP) is 6.05. The molecule has 1 aliphatic rings. The molecule has 1 saturated carbocycles. The first-order valence-electron chi connectivity index (χ1n) is 7.19. The lowest BCUT2D eigenvalue weighted by molar-refractivity contribution is 0.225. The Labute approximate surface area is 117 Å². The molecule has 1 heteroatoms. The van der Waals surface area contributed by atoms with Crippen LogP contribution in [0.25, 0.3) is 0 Å². The maximum atomic E-state index is 5.97. The molecular weight excluding hydrogens is 240 g/mol. The van der Waals surface area contributed by atoms with E-state index < -0.39 is 0 Å². The van der Waals surface area contributed by atoms with E-state index in [9.17, 15) is 0 Å². The summed E-state index contributed by atoms with van der Waals surface area (Å²) >= 11 is 5.97. The van der Waals surface area contributed by atoms with Crippen molar-refractivity contribution >= 4 is 11.6 Å². The van der Waals surface area contributed by atoms with Gasteiger partial charge in [-0.25, -0.2) is 0 Å². The maximum absolute atomic E-state index is 5.97.